The molecule has 0 aliphatic rings. The van der Waals surface area contributed by atoms with Crippen molar-refractivity contribution in [2.75, 3.05) is 11.9 Å². The molecular weight excluding hydrogens is 409 g/mol. The number of benzene rings is 2. The monoisotopic (exact) mass is 426 g/mol. The Morgan fingerprint density at radius 3 is 2.65 bits per heavy atom. The molecule has 31 heavy (non-hydrogen) atoms. The Balaban J connectivity index is 1.53. The summed E-state index contributed by atoms with van der Waals surface area (Å²) in [6.07, 6.45) is -3.03. The predicted molar refractivity (Wildman–Crippen MR) is 109 cm³/mol. The van der Waals surface area contributed by atoms with Crippen molar-refractivity contribution >= 4 is 22.7 Å². The van der Waals surface area contributed by atoms with Gasteiger partial charge < -0.3 is 15.0 Å². The molecule has 0 fully saturated rings. The number of rotatable bonds is 6. The second-order valence-corrected chi connectivity index (χ2v) is 6.75. The molecule has 158 valence electrons. The Bertz CT molecular complexity index is 1190. The molecule has 2 N–H and O–H groups in total. The van der Waals surface area contributed by atoms with Crippen LogP contribution in [0.1, 0.15) is 11.7 Å². The fourth-order valence-corrected chi connectivity index (χ4v) is 3.11. The van der Waals surface area contributed by atoms with Crippen LogP contribution in [0, 0.1) is 0 Å². The van der Waals surface area contributed by atoms with E-state index in [1.165, 1.54) is 6.33 Å². The normalized spacial score (nSPS) is 12.5. The molecule has 4 aromatic rings. The molecule has 0 aliphatic heterocycles. The van der Waals surface area contributed by atoms with Gasteiger partial charge in [-0.05, 0) is 23.8 Å². The van der Waals surface area contributed by atoms with Crippen molar-refractivity contribution in [3.63, 3.8) is 0 Å². The van der Waals surface area contributed by atoms with E-state index < -0.39 is 18.2 Å². The van der Waals surface area contributed by atoms with Crippen LogP contribution in [0.15, 0.2) is 73.2 Å². The fraction of sp³-hybridized carbons (Fsp3) is 0.136. The minimum atomic E-state index is -5.08. The van der Waals surface area contributed by atoms with Crippen LogP contribution < -0.4 is 5.32 Å². The number of nitrogens with one attached hydrogen (secondary N) is 2. The number of carbonyl (C=O) groups is 1. The lowest BCUT2D eigenvalue weighted by atomic mass is 10.1. The number of esters is 1. The molecule has 2 aromatic heterocycles. The number of H-pyrrole nitrogens is 1. The van der Waals surface area contributed by atoms with Crippen LogP contribution in [0.4, 0.5) is 19.0 Å². The summed E-state index contributed by atoms with van der Waals surface area (Å²) in [7, 11) is 0. The highest BCUT2D eigenvalue weighted by molar-refractivity contribution is 5.84. The number of hydrogen-bond donors (Lipinski definition) is 2. The zero-order chi connectivity index (χ0) is 21.8. The van der Waals surface area contributed by atoms with Gasteiger partial charge in [0, 0.05) is 28.7 Å². The first-order valence-electron chi connectivity index (χ1n) is 9.36. The molecule has 0 amide bonds. The van der Waals surface area contributed by atoms with E-state index in [1.54, 1.807) is 36.4 Å². The molecule has 2 aromatic carbocycles. The van der Waals surface area contributed by atoms with Gasteiger partial charge in [-0.25, -0.2) is 14.8 Å². The summed E-state index contributed by atoms with van der Waals surface area (Å²) in [5.74, 6) is -1.85. The number of halogens is 3. The molecule has 9 heteroatoms. The van der Waals surface area contributed by atoms with Crippen LogP contribution >= 0.6 is 0 Å². The lowest BCUT2D eigenvalue weighted by Gasteiger charge is -2.20. The quantitative estimate of drug-likeness (QED) is 0.430. The maximum Gasteiger partial charge on any atom is 0.490 e. The highest BCUT2D eigenvalue weighted by Gasteiger charge is 2.42. The SMILES string of the molecule is O=C(O[C@@H](CNc1cc(-c2ccc3[nH]ccc3c2)ncn1)c1ccccc1)C(F)(F)F. The molecule has 2 heterocycles. The third kappa shape index (κ3) is 4.82. The lowest BCUT2D eigenvalue weighted by molar-refractivity contribution is -0.204. The van der Waals surface area contributed by atoms with Gasteiger partial charge in [0.15, 0.2) is 0 Å². The van der Waals surface area contributed by atoms with E-state index in [0.717, 1.165) is 16.5 Å². The van der Waals surface area contributed by atoms with Crippen molar-refractivity contribution in [1.29, 1.82) is 0 Å². The Hall–Kier alpha value is -3.88. The van der Waals surface area contributed by atoms with Crippen molar-refractivity contribution in [2.45, 2.75) is 12.3 Å². The van der Waals surface area contributed by atoms with Gasteiger partial charge in [0.1, 0.15) is 18.2 Å². The minimum Gasteiger partial charge on any atom is -0.449 e. The summed E-state index contributed by atoms with van der Waals surface area (Å²) in [6, 6.07) is 17.6. The zero-order valence-corrected chi connectivity index (χ0v) is 16.1. The Morgan fingerprint density at radius 2 is 1.87 bits per heavy atom. The zero-order valence-electron chi connectivity index (χ0n) is 16.1. The van der Waals surface area contributed by atoms with E-state index in [-0.39, 0.29) is 6.54 Å². The number of aromatic nitrogens is 3. The van der Waals surface area contributed by atoms with E-state index in [4.69, 9.17) is 4.74 Å². The number of anilines is 1. The van der Waals surface area contributed by atoms with E-state index in [2.05, 4.69) is 20.3 Å². The smallest absolute Gasteiger partial charge is 0.449 e. The van der Waals surface area contributed by atoms with Gasteiger partial charge >= 0.3 is 12.1 Å². The van der Waals surface area contributed by atoms with E-state index in [1.807, 2.05) is 30.5 Å². The van der Waals surface area contributed by atoms with Crippen molar-refractivity contribution < 1.29 is 22.7 Å². The maximum absolute atomic E-state index is 12.7. The van der Waals surface area contributed by atoms with E-state index >= 15 is 0 Å². The first kappa shape index (κ1) is 20.4. The van der Waals surface area contributed by atoms with Crippen LogP contribution in [0.25, 0.3) is 22.2 Å². The largest absolute Gasteiger partial charge is 0.490 e. The van der Waals surface area contributed by atoms with Gasteiger partial charge in [0.2, 0.25) is 0 Å². The van der Waals surface area contributed by atoms with Crippen molar-refractivity contribution in [3.05, 3.63) is 78.8 Å². The van der Waals surface area contributed by atoms with Gasteiger partial charge in [-0.15, -0.1) is 0 Å². The fourth-order valence-electron chi connectivity index (χ4n) is 3.11. The van der Waals surface area contributed by atoms with Crippen molar-refractivity contribution in [1.82, 2.24) is 15.0 Å². The molecule has 0 radical (unpaired) electrons. The number of ether oxygens (including phenoxy) is 1. The molecule has 0 bridgehead atoms. The summed E-state index contributed by atoms with van der Waals surface area (Å²) in [6.45, 7) is -0.0981. The first-order valence-corrected chi connectivity index (χ1v) is 9.36. The van der Waals surface area contributed by atoms with Crippen LogP contribution in [0.5, 0.6) is 0 Å². The van der Waals surface area contributed by atoms with E-state index in [9.17, 15) is 18.0 Å². The third-order valence-electron chi connectivity index (χ3n) is 4.64. The molecule has 1 atom stereocenters. The highest BCUT2D eigenvalue weighted by Crippen LogP contribution is 2.26. The topological polar surface area (TPSA) is 79.9 Å². The highest BCUT2D eigenvalue weighted by atomic mass is 19.4. The Labute approximate surface area is 175 Å². The number of alkyl halides is 3. The lowest BCUT2D eigenvalue weighted by Crippen LogP contribution is -2.29. The summed E-state index contributed by atoms with van der Waals surface area (Å²) >= 11 is 0. The van der Waals surface area contributed by atoms with Crippen LogP contribution in [-0.2, 0) is 9.53 Å². The van der Waals surface area contributed by atoms with Crippen molar-refractivity contribution in [2.24, 2.45) is 0 Å². The average Bonchev–Trinajstić information content (AvgIpc) is 3.24. The van der Waals surface area contributed by atoms with Gasteiger partial charge in [-0.2, -0.15) is 13.2 Å². The summed E-state index contributed by atoms with van der Waals surface area (Å²) < 4.78 is 42.8. The number of fused-ring (bicyclic) bond motifs is 1. The molecule has 0 unspecified atom stereocenters. The van der Waals surface area contributed by atoms with Gasteiger partial charge in [-0.3, -0.25) is 0 Å². The number of hydrogen-bond acceptors (Lipinski definition) is 5. The first-order chi connectivity index (χ1) is 14.9. The molecule has 6 nitrogen and oxygen atoms in total. The molecule has 0 spiro atoms. The van der Waals surface area contributed by atoms with Gasteiger partial charge in [0.05, 0.1) is 12.2 Å². The average molecular weight is 426 g/mol. The third-order valence-corrected chi connectivity index (χ3v) is 4.64. The molecule has 0 aliphatic carbocycles. The standard InChI is InChI=1S/C22H17F3N4O2/c23-22(24,25)21(30)31-19(14-4-2-1-3-5-14)12-27-20-11-18(28-13-29-20)15-6-7-17-16(10-15)8-9-26-17/h1-11,13,19,26H,12H2,(H,27,28,29)/t19-/m0/s1. The number of nitrogens with zero attached hydrogens (tertiary/aromatic N) is 2. The molecular formula is C22H17F3N4O2. The van der Waals surface area contributed by atoms with Crippen LogP contribution in [0.3, 0.4) is 0 Å². The molecule has 4 rings (SSSR count). The van der Waals surface area contributed by atoms with Gasteiger partial charge in [-0.1, -0.05) is 36.4 Å². The predicted octanol–water partition coefficient (Wildman–Crippen LogP) is 4.88. The molecule has 0 saturated heterocycles. The summed E-state index contributed by atoms with van der Waals surface area (Å²) in [4.78, 5) is 22.9. The number of carbonyl (C=O) groups excluding carboxylic acids is 1. The molecule has 0 saturated carbocycles. The van der Waals surface area contributed by atoms with Crippen molar-refractivity contribution in [3.8, 4) is 11.3 Å². The summed E-state index contributed by atoms with van der Waals surface area (Å²) in [5, 5.41) is 3.96. The maximum atomic E-state index is 12.7. The second-order valence-electron chi connectivity index (χ2n) is 6.75. The number of aromatic amines is 1. The van der Waals surface area contributed by atoms with Crippen LogP contribution in [0.2, 0.25) is 0 Å². The van der Waals surface area contributed by atoms with Crippen LogP contribution in [-0.4, -0.2) is 33.6 Å². The Morgan fingerprint density at radius 1 is 1.06 bits per heavy atom. The van der Waals surface area contributed by atoms with Gasteiger partial charge in [0.25, 0.3) is 0 Å². The summed E-state index contributed by atoms with van der Waals surface area (Å²) in [5.41, 5.74) is 2.93. The Kier molecular flexibility index (Phi) is 5.57. The van der Waals surface area contributed by atoms with E-state index in [0.29, 0.717) is 17.1 Å². The second kappa shape index (κ2) is 8.47. The minimum absolute atomic E-state index is 0.0981.